The minimum absolute atomic E-state index is 0.0212. The number of ether oxygens (including phenoxy) is 2. The van der Waals surface area contributed by atoms with Gasteiger partial charge in [-0.3, -0.25) is 4.90 Å². The van der Waals surface area contributed by atoms with Crippen LogP contribution in [0.2, 0.25) is 0 Å². The van der Waals surface area contributed by atoms with Gasteiger partial charge < -0.3 is 9.47 Å². The number of alkyl halides is 2. The van der Waals surface area contributed by atoms with Crippen molar-refractivity contribution in [2.24, 2.45) is 13.0 Å². The van der Waals surface area contributed by atoms with Gasteiger partial charge in [0.25, 0.3) is 5.92 Å². The van der Waals surface area contributed by atoms with E-state index in [9.17, 15) is 8.78 Å². The average Bonchev–Trinajstić information content (AvgIpc) is 3.68. The van der Waals surface area contributed by atoms with Crippen LogP contribution in [0.5, 0.6) is 11.8 Å². The monoisotopic (exact) mass is 617 g/mol. The molecule has 45 heavy (non-hydrogen) atoms. The Kier molecular flexibility index (Phi) is 10.2. The third-order valence-corrected chi connectivity index (χ3v) is 8.51. The van der Waals surface area contributed by atoms with E-state index in [0.717, 1.165) is 85.6 Å². The lowest BCUT2D eigenvalue weighted by Crippen LogP contribution is -2.25. The lowest BCUT2D eigenvalue weighted by Gasteiger charge is -2.22. The largest absolute Gasteiger partial charge is 0.481 e. The zero-order valence-electron chi connectivity index (χ0n) is 27.2. The van der Waals surface area contributed by atoms with Crippen molar-refractivity contribution in [1.29, 1.82) is 0 Å². The van der Waals surface area contributed by atoms with Crippen molar-refractivity contribution in [3.8, 4) is 23.1 Å². The Morgan fingerprint density at radius 1 is 1.16 bits per heavy atom. The second-order valence-electron chi connectivity index (χ2n) is 12.2. The van der Waals surface area contributed by atoms with Crippen molar-refractivity contribution in [3.63, 3.8) is 0 Å². The fraction of sp³-hybridized carbons (Fsp3) is 0.472. The molecule has 1 atom stereocenters. The van der Waals surface area contributed by atoms with Gasteiger partial charge in [0.1, 0.15) is 12.2 Å². The van der Waals surface area contributed by atoms with E-state index in [0.29, 0.717) is 36.7 Å². The molecule has 9 heteroatoms. The summed E-state index contributed by atoms with van der Waals surface area (Å²) in [6.07, 6.45) is 12.0. The summed E-state index contributed by atoms with van der Waals surface area (Å²) in [5, 5.41) is 4.75. The molecule has 240 valence electrons. The molecule has 2 aromatic heterocycles. The topological polar surface area (TPSA) is 65.3 Å². The van der Waals surface area contributed by atoms with Crippen LogP contribution >= 0.6 is 0 Å². The molecule has 1 unspecified atom stereocenters. The van der Waals surface area contributed by atoms with Crippen molar-refractivity contribution < 1.29 is 18.3 Å². The van der Waals surface area contributed by atoms with Crippen molar-refractivity contribution in [2.45, 2.75) is 77.9 Å². The molecule has 2 aliphatic rings. The smallest absolute Gasteiger partial charge is 0.270 e. The summed E-state index contributed by atoms with van der Waals surface area (Å²) in [6, 6.07) is 7.97. The molecule has 7 nitrogen and oxygen atoms in total. The summed E-state index contributed by atoms with van der Waals surface area (Å²) in [4.78, 5) is 12.2. The highest BCUT2D eigenvalue weighted by molar-refractivity contribution is 5.75. The van der Waals surface area contributed by atoms with Gasteiger partial charge >= 0.3 is 0 Å². The SMILES string of the molecule is C=CCCN(CCC)Cc1cnc(-c2c(C3CC3)nn(C)c2OC)nc1OCc1ccc(C2=CC(C(C)(F)F)=CC2CC)cc1. The molecular formula is C36H45F2N5O2. The molecule has 0 bridgehead atoms. The standard InChI is InChI=1S/C36H45F2N5O2/c1-7-10-18-43(17-8-2)22-28-21-39-33(31-32(27-15-16-27)41-42(5)35(31)44-6)40-34(28)45-23-24-11-13-26(14-12-24)30-20-29(36(4,37)38)19-25(30)9-3/h7,11-14,19-21,25,27H,1,8-10,15-18,22-23H2,2-6H3. The fourth-order valence-electron chi connectivity index (χ4n) is 5.94. The van der Waals surface area contributed by atoms with Crippen LogP contribution in [0.15, 0.2) is 60.8 Å². The van der Waals surface area contributed by atoms with Gasteiger partial charge in [0.05, 0.1) is 12.8 Å². The van der Waals surface area contributed by atoms with Gasteiger partial charge in [-0.1, -0.05) is 50.3 Å². The van der Waals surface area contributed by atoms with Crippen LogP contribution in [0.1, 0.15) is 81.2 Å². The molecule has 0 radical (unpaired) electrons. The summed E-state index contributed by atoms with van der Waals surface area (Å²) >= 11 is 0. The molecule has 1 aromatic carbocycles. The molecule has 0 aliphatic heterocycles. The first-order chi connectivity index (χ1) is 21.7. The van der Waals surface area contributed by atoms with Gasteiger partial charge in [-0.05, 0) is 61.4 Å². The summed E-state index contributed by atoms with van der Waals surface area (Å²) in [5.41, 5.74) is 5.61. The van der Waals surface area contributed by atoms with Crippen LogP contribution in [0.3, 0.4) is 0 Å². The number of halogens is 2. The first-order valence-corrected chi connectivity index (χ1v) is 16.0. The first kappa shape index (κ1) is 32.5. The maximum absolute atomic E-state index is 14.1. The Morgan fingerprint density at radius 3 is 2.53 bits per heavy atom. The zero-order chi connectivity index (χ0) is 32.1. The van der Waals surface area contributed by atoms with E-state index < -0.39 is 5.92 Å². The highest BCUT2D eigenvalue weighted by Gasteiger charge is 2.34. The highest BCUT2D eigenvalue weighted by Crippen LogP contribution is 2.46. The maximum atomic E-state index is 14.1. The van der Waals surface area contributed by atoms with Crippen LogP contribution in [-0.2, 0) is 20.2 Å². The fourth-order valence-corrected chi connectivity index (χ4v) is 5.94. The third kappa shape index (κ3) is 7.52. The molecular weight excluding hydrogens is 572 g/mol. The van der Waals surface area contributed by atoms with E-state index in [-0.39, 0.29) is 11.5 Å². The lowest BCUT2D eigenvalue weighted by atomic mass is 9.93. The minimum atomic E-state index is -2.85. The molecule has 2 aliphatic carbocycles. The first-order valence-electron chi connectivity index (χ1n) is 16.0. The van der Waals surface area contributed by atoms with Crippen LogP contribution in [-0.4, -0.2) is 50.8 Å². The predicted octanol–water partition coefficient (Wildman–Crippen LogP) is 8.14. The quantitative estimate of drug-likeness (QED) is 0.151. The van der Waals surface area contributed by atoms with Crippen LogP contribution in [0.4, 0.5) is 8.78 Å². The third-order valence-electron chi connectivity index (χ3n) is 8.51. The highest BCUT2D eigenvalue weighted by atomic mass is 19.3. The molecule has 1 fully saturated rings. The summed E-state index contributed by atoms with van der Waals surface area (Å²) < 4.78 is 42.0. The Hall–Kier alpha value is -3.85. The number of hydrogen-bond acceptors (Lipinski definition) is 6. The summed E-state index contributed by atoms with van der Waals surface area (Å²) in [5.74, 6) is -0.785. The van der Waals surface area contributed by atoms with E-state index in [4.69, 9.17) is 24.5 Å². The molecule has 0 saturated heterocycles. The molecule has 3 aromatic rings. The predicted molar refractivity (Wildman–Crippen MR) is 174 cm³/mol. The Morgan fingerprint density at radius 2 is 1.91 bits per heavy atom. The molecule has 5 rings (SSSR count). The van der Waals surface area contributed by atoms with E-state index in [1.807, 2.05) is 50.5 Å². The van der Waals surface area contributed by atoms with Gasteiger partial charge in [0, 0.05) is 56.2 Å². The maximum Gasteiger partial charge on any atom is 0.270 e. The number of allylic oxidation sites excluding steroid dienone is 4. The molecule has 0 amide bonds. The van der Waals surface area contributed by atoms with Crippen molar-refractivity contribution in [2.75, 3.05) is 20.2 Å². The lowest BCUT2D eigenvalue weighted by molar-refractivity contribution is 0.0675. The summed E-state index contributed by atoms with van der Waals surface area (Å²) in [7, 11) is 3.52. The number of hydrogen-bond donors (Lipinski definition) is 0. The van der Waals surface area contributed by atoms with Crippen molar-refractivity contribution in [3.05, 3.63) is 83.2 Å². The van der Waals surface area contributed by atoms with E-state index >= 15 is 0 Å². The minimum Gasteiger partial charge on any atom is -0.481 e. The van der Waals surface area contributed by atoms with Crippen LogP contribution < -0.4 is 9.47 Å². The number of rotatable bonds is 16. The number of benzene rings is 1. The van der Waals surface area contributed by atoms with Gasteiger partial charge in [-0.25, -0.2) is 18.4 Å². The Balaban J connectivity index is 1.42. The molecule has 0 spiro atoms. The number of aryl methyl sites for hydroxylation is 1. The molecule has 0 N–H and O–H groups in total. The van der Waals surface area contributed by atoms with Crippen LogP contribution in [0.25, 0.3) is 17.0 Å². The van der Waals surface area contributed by atoms with Crippen molar-refractivity contribution >= 4 is 5.57 Å². The molecule has 2 heterocycles. The number of aromatic nitrogens is 4. The second kappa shape index (κ2) is 14.1. The zero-order valence-corrected chi connectivity index (χ0v) is 27.2. The van der Waals surface area contributed by atoms with Gasteiger partial charge in [-0.2, -0.15) is 10.1 Å². The average molecular weight is 618 g/mol. The summed E-state index contributed by atoms with van der Waals surface area (Å²) in [6.45, 7) is 11.8. The number of nitrogens with zero attached hydrogens (tertiary/aromatic N) is 5. The van der Waals surface area contributed by atoms with Gasteiger partial charge in [0.15, 0.2) is 5.82 Å². The van der Waals surface area contributed by atoms with E-state index in [2.05, 4.69) is 18.4 Å². The Bertz CT molecular complexity index is 1550. The molecule has 1 saturated carbocycles. The van der Waals surface area contributed by atoms with E-state index in [1.54, 1.807) is 23.9 Å². The second-order valence-corrected chi connectivity index (χ2v) is 12.2. The van der Waals surface area contributed by atoms with Gasteiger partial charge in [-0.15, -0.1) is 6.58 Å². The Labute approximate surface area is 265 Å². The van der Waals surface area contributed by atoms with E-state index in [1.165, 1.54) is 0 Å². The van der Waals surface area contributed by atoms with Crippen molar-refractivity contribution in [1.82, 2.24) is 24.6 Å². The van der Waals surface area contributed by atoms with Crippen LogP contribution in [0, 0.1) is 5.92 Å². The normalized spacial score (nSPS) is 16.6. The number of methoxy groups -OCH3 is 1. The van der Waals surface area contributed by atoms with Gasteiger partial charge in [0.2, 0.25) is 11.8 Å².